The van der Waals surface area contributed by atoms with E-state index in [1.165, 1.54) is 6.07 Å². The van der Waals surface area contributed by atoms with E-state index in [2.05, 4.69) is 5.32 Å². The molecule has 2 atom stereocenters. The van der Waals surface area contributed by atoms with Crippen LogP contribution < -0.4 is 11.1 Å². The topological polar surface area (TPSA) is 92.4 Å². The van der Waals surface area contributed by atoms with Crippen molar-refractivity contribution < 1.29 is 14.7 Å². The van der Waals surface area contributed by atoms with Gasteiger partial charge in [0.15, 0.2) is 0 Å². The zero-order chi connectivity index (χ0) is 14.0. The fourth-order valence-electron chi connectivity index (χ4n) is 2.29. The van der Waals surface area contributed by atoms with Crippen LogP contribution >= 0.6 is 11.6 Å². The highest BCUT2D eigenvalue weighted by Crippen LogP contribution is 2.26. The highest BCUT2D eigenvalue weighted by Gasteiger charge is 2.30. The number of anilines is 1. The molecule has 4 N–H and O–H groups in total. The Bertz CT molecular complexity index is 519. The fraction of sp³-hybridized carbons (Fsp3) is 0.385. The molecule has 0 bridgehead atoms. The largest absolute Gasteiger partial charge is 0.481 e. The molecule has 102 valence electrons. The zero-order valence-electron chi connectivity index (χ0n) is 10.2. The van der Waals surface area contributed by atoms with Crippen LogP contribution in [0.3, 0.4) is 0 Å². The van der Waals surface area contributed by atoms with E-state index in [0.29, 0.717) is 35.5 Å². The number of amides is 1. The number of hydrogen-bond acceptors (Lipinski definition) is 3. The Morgan fingerprint density at radius 1 is 1.37 bits per heavy atom. The predicted molar refractivity (Wildman–Crippen MR) is 72.1 cm³/mol. The van der Waals surface area contributed by atoms with E-state index < -0.39 is 5.97 Å². The molecule has 0 spiro atoms. The van der Waals surface area contributed by atoms with Gasteiger partial charge in [-0.1, -0.05) is 11.6 Å². The maximum absolute atomic E-state index is 12.0. The van der Waals surface area contributed by atoms with Gasteiger partial charge in [-0.25, -0.2) is 0 Å². The molecule has 0 heterocycles. The lowest BCUT2D eigenvalue weighted by atomic mass is 10.1. The summed E-state index contributed by atoms with van der Waals surface area (Å²) in [4.78, 5) is 22.8. The molecule has 1 amide bonds. The van der Waals surface area contributed by atoms with E-state index in [9.17, 15) is 9.59 Å². The van der Waals surface area contributed by atoms with Gasteiger partial charge in [-0.05, 0) is 37.5 Å². The van der Waals surface area contributed by atoms with Crippen molar-refractivity contribution in [2.75, 3.05) is 5.73 Å². The Kier molecular flexibility index (Phi) is 3.95. The van der Waals surface area contributed by atoms with Crippen LogP contribution in [0.2, 0.25) is 5.02 Å². The van der Waals surface area contributed by atoms with E-state index >= 15 is 0 Å². The molecule has 0 saturated heterocycles. The Balaban J connectivity index is 1.98. The molecule has 0 aromatic heterocycles. The van der Waals surface area contributed by atoms with Gasteiger partial charge in [-0.3, -0.25) is 9.59 Å². The molecule has 1 saturated carbocycles. The number of nitrogen functional groups attached to an aromatic ring is 1. The number of carbonyl (C=O) groups is 2. The summed E-state index contributed by atoms with van der Waals surface area (Å²) >= 11 is 5.79. The summed E-state index contributed by atoms with van der Waals surface area (Å²) in [6.45, 7) is 0. The van der Waals surface area contributed by atoms with Gasteiger partial charge in [0.2, 0.25) is 0 Å². The van der Waals surface area contributed by atoms with Gasteiger partial charge >= 0.3 is 5.97 Å². The van der Waals surface area contributed by atoms with Crippen LogP contribution in [-0.2, 0) is 4.79 Å². The van der Waals surface area contributed by atoms with Crippen LogP contribution in [0.25, 0.3) is 0 Å². The highest BCUT2D eigenvalue weighted by atomic mass is 35.5. The molecule has 2 rings (SSSR count). The number of aliphatic carboxylic acids is 1. The van der Waals surface area contributed by atoms with Crippen molar-refractivity contribution in [2.24, 2.45) is 5.92 Å². The quantitative estimate of drug-likeness (QED) is 0.738. The lowest BCUT2D eigenvalue weighted by Crippen LogP contribution is -2.33. The lowest BCUT2D eigenvalue weighted by molar-refractivity contribution is -0.141. The summed E-state index contributed by atoms with van der Waals surface area (Å²) in [5, 5.41) is 12.1. The van der Waals surface area contributed by atoms with Crippen molar-refractivity contribution in [3.8, 4) is 0 Å². The average Bonchev–Trinajstić information content (AvgIpc) is 2.81. The number of benzene rings is 1. The van der Waals surface area contributed by atoms with Crippen molar-refractivity contribution >= 4 is 29.2 Å². The molecule has 0 radical (unpaired) electrons. The minimum atomic E-state index is -0.799. The molecule has 19 heavy (non-hydrogen) atoms. The molecule has 1 aliphatic carbocycles. The summed E-state index contributed by atoms with van der Waals surface area (Å²) in [6.07, 6.45) is 1.76. The van der Waals surface area contributed by atoms with Crippen molar-refractivity contribution in [1.29, 1.82) is 0 Å². The third-order valence-electron chi connectivity index (χ3n) is 3.38. The number of carbonyl (C=O) groups excluding carboxylic acids is 1. The van der Waals surface area contributed by atoms with Gasteiger partial charge in [0.1, 0.15) is 0 Å². The van der Waals surface area contributed by atoms with Crippen LogP contribution in [0.4, 0.5) is 5.69 Å². The molecular weight excluding hydrogens is 268 g/mol. The number of carboxylic acid groups (broad SMARTS) is 1. The number of nitrogens with two attached hydrogens (primary N) is 1. The molecule has 1 aromatic rings. The Morgan fingerprint density at radius 2 is 2.11 bits per heavy atom. The second-order valence-electron chi connectivity index (χ2n) is 4.75. The van der Waals surface area contributed by atoms with Gasteiger partial charge in [0.25, 0.3) is 5.91 Å². The van der Waals surface area contributed by atoms with E-state index in [-0.39, 0.29) is 17.9 Å². The minimum absolute atomic E-state index is 0.0921. The van der Waals surface area contributed by atoms with Crippen molar-refractivity contribution in [1.82, 2.24) is 5.32 Å². The lowest BCUT2D eigenvalue weighted by Gasteiger charge is -2.13. The van der Waals surface area contributed by atoms with Crippen molar-refractivity contribution in [2.45, 2.75) is 25.3 Å². The number of carboxylic acids is 1. The number of halogens is 1. The Labute approximate surface area is 115 Å². The smallest absolute Gasteiger partial charge is 0.306 e. The maximum Gasteiger partial charge on any atom is 0.306 e. The molecule has 1 aromatic carbocycles. The second kappa shape index (κ2) is 5.48. The summed E-state index contributed by atoms with van der Waals surface area (Å²) in [5.74, 6) is -1.41. The monoisotopic (exact) mass is 282 g/mol. The minimum Gasteiger partial charge on any atom is -0.481 e. The normalized spacial score (nSPS) is 22.2. The van der Waals surface area contributed by atoms with Gasteiger partial charge < -0.3 is 16.2 Å². The number of rotatable bonds is 3. The van der Waals surface area contributed by atoms with Gasteiger partial charge in [-0.2, -0.15) is 0 Å². The third kappa shape index (κ3) is 3.17. The third-order valence-corrected chi connectivity index (χ3v) is 3.72. The van der Waals surface area contributed by atoms with Gasteiger partial charge in [-0.15, -0.1) is 0 Å². The van der Waals surface area contributed by atoms with E-state index in [0.717, 1.165) is 0 Å². The Hall–Kier alpha value is -1.75. The first-order valence-electron chi connectivity index (χ1n) is 6.06. The van der Waals surface area contributed by atoms with Crippen LogP contribution in [0.1, 0.15) is 29.6 Å². The standard InChI is InChI=1S/C13H15ClN2O3/c14-10-4-2-7(6-11(10)15)12(17)16-9-3-1-8(5-9)13(18)19/h2,4,6,8-9H,1,3,5,15H2,(H,16,17)(H,18,19). The Morgan fingerprint density at radius 3 is 2.68 bits per heavy atom. The van der Waals surface area contributed by atoms with Crippen LogP contribution in [0.5, 0.6) is 0 Å². The van der Waals surface area contributed by atoms with E-state index in [1.807, 2.05) is 0 Å². The number of hydrogen-bond donors (Lipinski definition) is 3. The molecule has 6 heteroatoms. The fourth-order valence-corrected chi connectivity index (χ4v) is 2.41. The summed E-state index contributed by atoms with van der Waals surface area (Å²) in [6, 6.07) is 4.59. The van der Waals surface area contributed by atoms with Crippen molar-refractivity contribution in [3.63, 3.8) is 0 Å². The summed E-state index contributed by atoms with van der Waals surface area (Å²) < 4.78 is 0. The number of nitrogens with one attached hydrogen (secondary N) is 1. The van der Waals surface area contributed by atoms with Crippen LogP contribution in [0.15, 0.2) is 18.2 Å². The second-order valence-corrected chi connectivity index (χ2v) is 5.16. The van der Waals surface area contributed by atoms with Crippen LogP contribution in [0, 0.1) is 5.92 Å². The zero-order valence-corrected chi connectivity index (χ0v) is 11.0. The molecule has 1 fully saturated rings. The van der Waals surface area contributed by atoms with Gasteiger partial charge in [0.05, 0.1) is 16.6 Å². The highest BCUT2D eigenvalue weighted by molar-refractivity contribution is 6.33. The van der Waals surface area contributed by atoms with Gasteiger partial charge in [0, 0.05) is 11.6 Å². The molecule has 5 nitrogen and oxygen atoms in total. The first kappa shape index (κ1) is 13.7. The maximum atomic E-state index is 12.0. The van der Waals surface area contributed by atoms with Crippen molar-refractivity contribution in [3.05, 3.63) is 28.8 Å². The van der Waals surface area contributed by atoms with Crippen LogP contribution in [-0.4, -0.2) is 23.0 Å². The predicted octanol–water partition coefficient (Wildman–Crippen LogP) is 1.91. The first-order chi connectivity index (χ1) is 8.97. The summed E-state index contributed by atoms with van der Waals surface area (Å²) in [5.41, 5.74) is 6.42. The van der Waals surface area contributed by atoms with E-state index in [4.69, 9.17) is 22.4 Å². The SMILES string of the molecule is Nc1cc(C(=O)NC2CCC(C(=O)O)C2)ccc1Cl. The first-order valence-corrected chi connectivity index (χ1v) is 6.44. The molecular formula is C13H15ClN2O3. The molecule has 2 unspecified atom stereocenters. The van der Waals surface area contributed by atoms with E-state index in [1.54, 1.807) is 12.1 Å². The molecule has 0 aliphatic heterocycles. The molecule has 1 aliphatic rings. The summed E-state index contributed by atoms with van der Waals surface area (Å²) in [7, 11) is 0. The average molecular weight is 283 g/mol.